The molecule has 0 bridgehead atoms. The van der Waals surface area contributed by atoms with Gasteiger partial charge in [-0.15, -0.1) is 0 Å². The van der Waals surface area contributed by atoms with E-state index < -0.39 is 0 Å². The van der Waals surface area contributed by atoms with Crippen LogP contribution in [0.4, 0.5) is 0 Å². The largest absolute Gasteiger partial charge is 0.492 e. The van der Waals surface area contributed by atoms with Gasteiger partial charge >= 0.3 is 0 Å². The molecule has 0 atom stereocenters. The molecule has 0 radical (unpaired) electrons. The molecule has 4 nitrogen and oxygen atoms in total. The molecule has 0 aromatic heterocycles. The quantitative estimate of drug-likeness (QED) is 0.796. The van der Waals surface area contributed by atoms with Crippen molar-refractivity contribution >= 4 is 11.6 Å². The summed E-state index contributed by atoms with van der Waals surface area (Å²) in [5.74, 6) is 0.865. The van der Waals surface area contributed by atoms with Crippen LogP contribution >= 0.6 is 11.6 Å². The standard InChI is InChI=1S/C20H22ClN3O/c21-19-5-7-20(8-6-19)25-14-13-23-9-11-24(12-10-23)16-18-3-1-17(15-22)2-4-18/h1-8H,9-14,16H2. The molecule has 2 aromatic rings. The second kappa shape index (κ2) is 8.87. The van der Waals surface area contributed by atoms with E-state index in [1.807, 2.05) is 48.5 Å². The molecule has 1 saturated heterocycles. The molecule has 0 saturated carbocycles. The topological polar surface area (TPSA) is 39.5 Å². The van der Waals surface area contributed by atoms with Gasteiger partial charge < -0.3 is 4.74 Å². The fourth-order valence-corrected chi connectivity index (χ4v) is 3.06. The minimum absolute atomic E-state index is 0.692. The third-order valence-electron chi connectivity index (χ3n) is 4.44. The molecule has 2 aromatic carbocycles. The Morgan fingerprint density at radius 3 is 2.20 bits per heavy atom. The van der Waals surface area contributed by atoms with E-state index in [1.54, 1.807) is 0 Å². The Hall–Kier alpha value is -2.06. The van der Waals surface area contributed by atoms with Gasteiger partial charge in [-0.1, -0.05) is 23.7 Å². The zero-order valence-electron chi connectivity index (χ0n) is 14.2. The molecule has 0 amide bonds. The van der Waals surface area contributed by atoms with Crippen LogP contribution in [0, 0.1) is 11.3 Å². The summed E-state index contributed by atoms with van der Waals surface area (Å²) in [4.78, 5) is 4.89. The maximum atomic E-state index is 8.85. The SMILES string of the molecule is N#Cc1ccc(CN2CCN(CCOc3ccc(Cl)cc3)CC2)cc1. The molecule has 130 valence electrons. The van der Waals surface area contributed by atoms with Crippen LogP contribution in [0.1, 0.15) is 11.1 Å². The third-order valence-corrected chi connectivity index (χ3v) is 4.70. The lowest BCUT2D eigenvalue weighted by atomic mass is 10.1. The zero-order valence-corrected chi connectivity index (χ0v) is 15.0. The number of nitrogens with zero attached hydrogens (tertiary/aromatic N) is 3. The van der Waals surface area contributed by atoms with Crippen LogP contribution in [-0.4, -0.2) is 49.1 Å². The minimum Gasteiger partial charge on any atom is -0.492 e. The second-order valence-corrected chi connectivity index (χ2v) is 6.67. The Labute approximate surface area is 154 Å². The van der Waals surface area contributed by atoms with Crippen molar-refractivity contribution in [3.8, 4) is 11.8 Å². The Bertz CT molecular complexity index is 701. The number of piperazine rings is 1. The summed E-state index contributed by atoms with van der Waals surface area (Å²) in [6, 6.07) is 17.5. The van der Waals surface area contributed by atoms with Crippen LogP contribution in [0.3, 0.4) is 0 Å². The summed E-state index contributed by atoms with van der Waals surface area (Å²) in [6.07, 6.45) is 0. The maximum Gasteiger partial charge on any atom is 0.119 e. The van der Waals surface area contributed by atoms with Gasteiger partial charge in [0, 0.05) is 44.3 Å². The van der Waals surface area contributed by atoms with E-state index in [-0.39, 0.29) is 0 Å². The summed E-state index contributed by atoms with van der Waals surface area (Å²) in [6.45, 7) is 6.80. The van der Waals surface area contributed by atoms with Crippen LogP contribution in [0.15, 0.2) is 48.5 Å². The minimum atomic E-state index is 0.692. The number of nitriles is 1. The predicted molar refractivity (Wildman–Crippen MR) is 99.8 cm³/mol. The van der Waals surface area contributed by atoms with E-state index in [0.29, 0.717) is 12.2 Å². The molecule has 5 heteroatoms. The first-order chi connectivity index (χ1) is 12.2. The summed E-state index contributed by atoms with van der Waals surface area (Å²) in [5, 5.41) is 9.58. The van der Waals surface area contributed by atoms with Crippen LogP contribution in [-0.2, 0) is 6.54 Å². The van der Waals surface area contributed by atoms with Crippen LogP contribution in [0.25, 0.3) is 0 Å². The third kappa shape index (κ3) is 5.47. The number of ether oxygens (including phenoxy) is 1. The summed E-state index contributed by atoms with van der Waals surface area (Å²) < 4.78 is 5.77. The number of halogens is 1. The second-order valence-electron chi connectivity index (χ2n) is 6.23. The van der Waals surface area contributed by atoms with Crippen LogP contribution < -0.4 is 4.74 Å². The summed E-state index contributed by atoms with van der Waals surface area (Å²) in [7, 11) is 0. The average Bonchev–Trinajstić information content (AvgIpc) is 2.65. The average molecular weight is 356 g/mol. The first kappa shape index (κ1) is 17.8. The smallest absolute Gasteiger partial charge is 0.119 e. The normalized spacial score (nSPS) is 15.7. The number of hydrogen-bond acceptors (Lipinski definition) is 4. The highest BCUT2D eigenvalue weighted by molar-refractivity contribution is 6.30. The molecular formula is C20H22ClN3O. The molecule has 1 heterocycles. The fourth-order valence-electron chi connectivity index (χ4n) is 2.94. The van der Waals surface area contributed by atoms with Crippen molar-refractivity contribution in [3.63, 3.8) is 0 Å². The van der Waals surface area contributed by atoms with Gasteiger partial charge in [-0.2, -0.15) is 5.26 Å². The molecule has 0 spiro atoms. The van der Waals surface area contributed by atoms with E-state index >= 15 is 0 Å². The van der Waals surface area contributed by atoms with Crippen molar-refractivity contribution in [2.24, 2.45) is 0 Å². The lowest BCUT2D eigenvalue weighted by Crippen LogP contribution is -2.47. The monoisotopic (exact) mass is 355 g/mol. The van der Waals surface area contributed by atoms with E-state index in [1.165, 1.54) is 5.56 Å². The van der Waals surface area contributed by atoms with Crippen molar-refractivity contribution in [3.05, 3.63) is 64.7 Å². The number of hydrogen-bond donors (Lipinski definition) is 0. The van der Waals surface area contributed by atoms with Gasteiger partial charge in [-0.25, -0.2) is 0 Å². The summed E-state index contributed by atoms with van der Waals surface area (Å²) >= 11 is 5.87. The molecule has 3 rings (SSSR count). The Morgan fingerprint density at radius 2 is 1.56 bits per heavy atom. The summed E-state index contributed by atoms with van der Waals surface area (Å²) in [5.41, 5.74) is 1.98. The molecular weight excluding hydrogens is 334 g/mol. The number of benzene rings is 2. The lowest BCUT2D eigenvalue weighted by Gasteiger charge is -2.34. The lowest BCUT2D eigenvalue weighted by molar-refractivity contribution is 0.112. The van der Waals surface area contributed by atoms with Crippen LogP contribution in [0.2, 0.25) is 5.02 Å². The van der Waals surface area contributed by atoms with Gasteiger partial charge in [-0.05, 0) is 42.0 Å². The van der Waals surface area contributed by atoms with Crippen LogP contribution in [0.5, 0.6) is 5.75 Å². The van der Waals surface area contributed by atoms with Crippen molar-refractivity contribution < 1.29 is 4.74 Å². The highest BCUT2D eigenvalue weighted by Gasteiger charge is 2.16. The van der Waals surface area contributed by atoms with Crippen molar-refractivity contribution in [1.82, 2.24) is 9.80 Å². The van der Waals surface area contributed by atoms with E-state index in [0.717, 1.165) is 50.0 Å². The van der Waals surface area contributed by atoms with Crippen molar-refractivity contribution in [2.75, 3.05) is 39.3 Å². The van der Waals surface area contributed by atoms with Gasteiger partial charge in [0.1, 0.15) is 12.4 Å². The van der Waals surface area contributed by atoms with Crippen molar-refractivity contribution in [2.45, 2.75) is 6.54 Å². The zero-order chi connectivity index (χ0) is 17.5. The Kier molecular flexibility index (Phi) is 6.30. The molecule has 1 aliphatic heterocycles. The highest BCUT2D eigenvalue weighted by atomic mass is 35.5. The van der Waals surface area contributed by atoms with Gasteiger partial charge in [-0.3, -0.25) is 9.80 Å². The van der Waals surface area contributed by atoms with Gasteiger partial charge in [0.05, 0.1) is 11.6 Å². The van der Waals surface area contributed by atoms with Crippen molar-refractivity contribution in [1.29, 1.82) is 5.26 Å². The first-order valence-corrected chi connectivity index (χ1v) is 8.93. The molecule has 1 fully saturated rings. The van der Waals surface area contributed by atoms with Gasteiger partial charge in [0.25, 0.3) is 0 Å². The van der Waals surface area contributed by atoms with E-state index in [4.69, 9.17) is 21.6 Å². The molecule has 0 aliphatic carbocycles. The Morgan fingerprint density at radius 1 is 0.920 bits per heavy atom. The number of rotatable bonds is 6. The molecule has 25 heavy (non-hydrogen) atoms. The maximum absolute atomic E-state index is 8.85. The Balaban J connectivity index is 1.36. The fraction of sp³-hybridized carbons (Fsp3) is 0.350. The predicted octanol–water partition coefficient (Wildman–Crippen LogP) is 3.41. The first-order valence-electron chi connectivity index (χ1n) is 8.55. The molecule has 1 aliphatic rings. The van der Waals surface area contributed by atoms with E-state index in [9.17, 15) is 0 Å². The van der Waals surface area contributed by atoms with E-state index in [2.05, 4.69) is 15.9 Å². The molecule has 0 N–H and O–H groups in total. The molecule has 0 unspecified atom stereocenters. The van der Waals surface area contributed by atoms with Gasteiger partial charge in [0.15, 0.2) is 0 Å². The van der Waals surface area contributed by atoms with Gasteiger partial charge in [0.2, 0.25) is 0 Å². The highest BCUT2D eigenvalue weighted by Crippen LogP contribution is 2.15.